The predicted molar refractivity (Wildman–Crippen MR) is 108 cm³/mol. The Morgan fingerprint density at radius 1 is 1.21 bits per heavy atom. The van der Waals surface area contributed by atoms with Crippen LogP contribution in [0, 0.1) is 5.82 Å². The fourth-order valence-electron chi connectivity index (χ4n) is 2.90. The number of allylic oxidation sites excluding steroid dienone is 2. The molecule has 3 rings (SSSR count). The molecule has 142 valence electrons. The number of nitrogens with zero attached hydrogens (tertiary/aromatic N) is 1. The minimum absolute atomic E-state index is 0.261. The molecular weight excluding hydrogens is 381 g/mol. The van der Waals surface area contributed by atoms with Crippen molar-refractivity contribution in [2.75, 3.05) is 7.11 Å². The molecule has 4 N–H and O–H groups in total. The van der Waals surface area contributed by atoms with Crippen molar-refractivity contribution < 1.29 is 13.9 Å². The number of carbonyl (C=O) groups is 1. The Bertz CT molecular complexity index is 1080. The monoisotopic (exact) mass is 397 g/mol. The van der Waals surface area contributed by atoms with Gasteiger partial charge in [-0.15, -0.1) is 5.73 Å². The molecular formula is C21H17ClFN3O2. The van der Waals surface area contributed by atoms with E-state index in [4.69, 9.17) is 27.8 Å². The molecule has 2 aromatic carbocycles. The summed E-state index contributed by atoms with van der Waals surface area (Å²) in [6, 6.07) is 9.49. The van der Waals surface area contributed by atoms with Crippen LogP contribution in [0.5, 0.6) is 5.75 Å². The smallest absolute Gasteiger partial charge is 0.280 e. The standard InChI is InChI=1S/C21H17ClFN3O2/c1-28-14-8-9-15(18(23)11-14)19-16-10-13(20(27)26-21(24)25)7-6-12(16)4-2-3-5-17(19)22/h2,5-11H,4H2,1H3,(H4,24,25,26,27)/b19-17+. The molecule has 1 amide bonds. The molecule has 0 atom stereocenters. The maximum Gasteiger partial charge on any atom is 0.280 e. The van der Waals surface area contributed by atoms with Gasteiger partial charge in [-0.2, -0.15) is 4.99 Å². The zero-order valence-electron chi connectivity index (χ0n) is 15.0. The Morgan fingerprint density at radius 2 is 2.00 bits per heavy atom. The Balaban J connectivity index is 2.25. The number of halogens is 2. The summed E-state index contributed by atoms with van der Waals surface area (Å²) < 4.78 is 19.9. The average Bonchev–Trinajstić information content (AvgIpc) is 2.65. The Morgan fingerprint density at radius 3 is 2.68 bits per heavy atom. The van der Waals surface area contributed by atoms with Gasteiger partial charge in [-0.1, -0.05) is 17.7 Å². The van der Waals surface area contributed by atoms with Gasteiger partial charge in [-0.3, -0.25) is 4.79 Å². The summed E-state index contributed by atoms with van der Waals surface area (Å²) in [6.07, 6.45) is 3.90. The van der Waals surface area contributed by atoms with Gasteiger partial charge in [0.05, 0.1) is 12.1 Å². The van der Waals surface area contributed by atoms with E-state index in [1.165, 1.54) is 13.2 Å². The van der Waals surface area contributed by atoms with Crippen LogP contribution in [0.1, 0.15) is 27.0 Å². The van der Waals surface area contributed by atoms with Gasteiger partial charge in [-0.25, -0.2) is 4.39 Å². The third kappa shape index (κ3) is 3.98. The van der Waals surface area contributed by atoms with Gasteiger partial charge in [0.15, 0.2) is 5.96 Å². The topological polar surface area (TPSA) is 90.7 Å². The number of fused-ring (bicyclic) bond motifs is 1. The van der Waals surface area contributed by atoms with Crippen molar-refractivity contribution in [3.05, 3.63) is 87.4 Å². The molecule has 0 radical (unpaired) electrons. The second-order valence-corrected chi connectivity index (χ2v) is 6.41. The number of hydrogen-bond donors (Lipinski definition) is 2. The van der Waals surface area contributed by atoms with Gasteiger partial charge in [-0.05, 0) is 54.0 Å². The van der Waals surface area contributed by atoms with Gasteiger partial charge in [0, 0.05) is 22.8 Å². The number of ether oxygens (including phenoxy) is 1. The first-order valence-corrected chi connectivity index (χ1v) is 8.70. The Labute approximate surface area is 166 Å². The molecule has 0 saturated carbocycles. The zero-order valence-corrected chi connectivity index (χ0v) is 15.8. The van der Waals surface area contributed by atoms with Crippen molar-refractivity contribution in [2.24, 2.45) is 16.5 Å². The maximum atomic E-state index is 14.8. The van der Waals surface area contributed by atoms with Crippen LogP contribution in [0.15, 0.2) is 64.3 Å². The number of guanidine groups is 1. The Hall–Kier alpha value is -3.34. The number of hydrogen-bond acceptors (Lipinski definition) is 2. The van der Waals surface area contributed by atoms with Crippen LogP contribution in [0.25, 0.3) is 5.57 Å². The van der Waals surface area contributed by atoms with Crippen molar-refractivity contribution in [1.82, 2.24) is 0 Å². The van der Waals surface area contributed by atoms with E-state index in [9.17, 15) is 9.18 Å². The molecule has 7 heteroatoms. The van der Waals surface area contributed by atoms with E-state index in [0.29, 0.717) is 23.3 Å². The van der Waals surface area contributed by atoms with Gasteiger partial charge >= 0.3 is 0 Å². The highest BCUT2D eigenvalue weighted by Crippen LogP contribution is 2.36. The van der Waals surface area contributed by atoms with E-state index in [2.05, 4.69) is 10.7 Å². The van der Waals surface area contributed by atoms with Crippen LogP contribution in [-0.2, 0) is 6.42 Å². The number of carbonyl (C=O) groups excluding carboxylic acids is 1. The normalized spacial score (nSPS) is 15.4. The van der Waals surface area contributed by atoms with E-state index in [1.54, 1.807) is 42.5 Å². The van der Waals surface area contributed by atoms with Crippen molar-refractivity contribution in [1.29, 1.82) is 0 Å². The lowest BCUT2D eigenvalue weighted by Crippen LogP contribution is -2.24. The lowest BCUT2D eigenvalue weighted by molar-refractivity contribution is 0.100. The first kappa shape index (κ1) is 19.4. The van der Waals surface area contributed by atoms with E-state index < -0.39 is 11.7 Å². The molecule has 2 aromatic rings. The minimum atomic E-state index is -0.596. The molecule has 0 fully saturated rings. The lowest BCUT2D eigenvalue weighted by atomic mass is 9.89. The minimum Gasteiger partial charge on any atom is -0.497 e. The van der Waals surface area contributed by atoms with Crippen molar-refractivity contribution in [3.63, 3.8) is 0 Å². The number of rotatable bonds is 3. The van der Waals surface area contributed by atoms with E-state index in [-0.39, 0.29) is 22.1 Å². The Kier molecular flexibility index (Phi) is 5.64. The number of aliphatic imine (C=N–C) groups is 1. The largest absolute Gasteiger partial charge is 0.497 e. The first-order valence-electron chi connectivity index (χ1n) is 8.32. The molecule has 0 aliphatic heterocycles. The van der Waals surface area contributed by atoms with Gasteiger partial charge in [0.2, 0.25) is 0 Å². The molecule has 0 aromatic heterocycles. The number of nitrogens with two attached hydrogens (primary N) is 2. The van der Waals surface area contributed by atoms with Gasteiger partial charge < -0.3 is 16.2 Å². The molecule has 0 heterocycles. The van der Waals surface area contributed by atoms with Gasteiger partial charge in [0.25, 0.3) is 5.91 Å². The summed E-state index contributed by atoms with van der Waals surface area (Å²) in [5.41, 5.74) is 16.0. The summed E-state index contributed by atoms with van der Waals surface area (Å²) in [7, 11) is 1.46. The highest BCUT2D eigenvalue weighted by molar-refractivity contribution is 6.35. The van der Waals surface area contributed by atoms with Crippen molar-refractivity contribution in [2.45, 2.75) is 6.42 Å². The molecule has 28 heavy (non-hydrogen) atoms. The molecule has 0 saturated heterocycles. The summed E-state index contributed by atoms with van der Waals surface area (Å²) in [5.74, 6) is -1.05. The zero-order chi connectivity index (χ0) is 20.3. The number of benzene rings is 2. The first-order chi connectivity index (χ1) is 13.4. The molecule has 1 aliphatic carbocycles. The lowest BCUT2D eigenvalue weighted by Gasteiger charge is -2.17. The number of methoxy groups -OCH3 is 1. The summed E-state index contributed by atoms with van der Waals surface area (Å²) in [6.45, 7) is 0. The van der Waals surface area contributed by atoms with E-state index >= 15 is 0 Å². The average molecular weight is 398 g/mol. The quantitative estimate of drug-likeness (QED) is 0.471. The maximum absolute atomic E-state index is 14.8. The predicted octanol–water partition coefficient (Wildman–Crippen LogP) is 3.51. The molecule has 0 spiro atoms. The highest BCUT2D eigenvalue weighted by atomic mass is 35.5. The van der Waals surface area contributed by atoms with Crippen molar-refractivity contribution in [3.8, 4) is 5.75 Å². The summed E-state index contributed by atoms with van der Waals surface area (Å²) in [5, 5.41) is 0.285. The fourth-order valence-corrected chi connectivity index (χ4v) is 3.17. The van der Waals surface area contributed by atoms with E-state index in [0.717, 1.165) is 5.56 Å². The van der Waals surface area contributed by atoms with E-state index in [1.807, 2.05) is 0 Å². The van der Waals surface area contributed by atoms with Crippen LogP contribution in [-0.4, -0.2) is 19.0 Å². The van der Waals surface area contributed by atoms with Crippen LogP contribution in [0.2, 0.25) is 0 Å². The third-order valence-corrected chi connectivity index (χ3v) is 4.49. The third-order valence-electron chi connectivity index (χ3n) is 4.19. The second kappa shape index (κ2) is 8.13. The molecule has 1 aliphatic rings. The number of amides is 1. The summed E-state index contributed by atoms with van der Waals surface area (Å²) >= 11 is 6.47. The van der Waals surface area contributed by atoms with Crippen molar-refractivity contribution >= 4 is 29.0 Å². The fraction of sp³-hybridized carbons (Fsp3) is 0.0952. The molecule has 0 bridgehead atoms. The van der Waals surface area contributed by atoms with Crippen LogP contribution in [0.3, 0.4) is 0 Å². The highest BCUT2D eigenvalue weighted by Gasteiger charge is 2.20. The summed E-state index contributed by atoms with van der Waals surface area (Å²) in [4.78, 5) is 15.8. The van der Waals surface area contributed by atoms with Crippen LogP contribution < -0.4 is 16.2 Å². The second-order valence-electron chi connectivity index (χ2n) is 6.00. The molecule has 0 unspecified atom stereocenters. The van der Waals surface area contributed by atoms with Gasteiger partial charge in [0.1, 0.15) is 11.6 Å². The van der Waals surface area contributed by atoms with Crippen LogP contribution in [0.4, 0.5) is 4.39 Å². The SMILES string of the molecule is COc1ccc(/C2=C(\Cl)C=C=CCc3ccc(C(=O)N=C(N)N)cc32)c(F)c1. The van der Waals surface area contributed by atoms with Crippen LogP contribution >= 0.6 is 11.6 Å². The molecule has 5 nitrogen and oxygen atoms in total.